The lowest BCUT2D eigenvalue weighted by atomic mass is 10.1. The van der Waals surface area contributed by atoms with Crippen molar-refractivity contribution in [2.45, 2.75) is 6.42 Å². The summed E-state index contributed by atoms with van der Waals surface area (Å²) in [5, 5.41) is 0. The Labute approximate surface area is 65.8 Å². The van der Waals surface area contributed by atoms with Crippen molar-refractivity contribution in [3.8, 4) is 0 Å². The maximum atomic E-state index is 5.55. The van der Waals surface area contributed by atoms with E-state index in [2.05, 4.69) is 0 Å². The predicted molar refractivity (Wildman–Crippen MR) is 45.3 cm³/mol. The summed E-state index contributed by atoms with van der Waals surface area (Å²) in [6.07, 6.45) is 0.895. The number of aryl methyl sites for hydroxylation is 1. The minimum Gasteiger partial charge on any atom is -0.399 e. The van der Waals surface area contributed by atoms with Gasteiger partial charge in [0.2, 0.25) is 0 Å². The van der Waals surface area contributed by atoms with E-state index in [1.165, 1.54) is 5.56 Å². The number of nitrogens with two attached hydrogens (primary N) is 1. The summed E-state index contributed by atoms with van der Waals surface area (Å²) < 4.78 is 0. The molecule has 54 valence electrons. The Bertz CT molecular complexity index is 210. The highest BCUT2D eigenvalue weighted by Gasteiger charge is 1.90. The molecule has 0 atom stereocenters. The lowest BCUT2D eigenvalue weighted by Gasteiger charge is -1.97. The molecule has 0 radical (unpaired) electrons. The highest BCUT2D eigenvalue weighted by Crippen LogP contribution is 2.07. The second-order valence-electron chi connectivity index (χ2n) is 2.18. The Morgan fingerprint density at radius 2 is 2.20 bits per heavy atom. The summed E-state index contributed by atoms with van der Waals surface area (Å²) in [5.41, 5.74) is 7.56. The topological polar surface area (TPSA) is 26.0 Å². The number of alkyl halides is 1. The smallest absolute Gasteiger partial charge is 0.0316 e. The number of hydrogen-bond donors (Lipinski definition) is 1. The highest BCUT2D eigenvalue weighted by molar-refractivity contribution is 6.17. The maximum absolute atomic E-state index is 5.55. The summed E-state index contributed by atoms with van der Waals surface area (Å²) in [7, 11) is 0. The second kappa shape index (κ2) is 3.47. The molecule has 1 rings (SSSR count). The van der Waals surface area contributed by atoms with Crippen LogP contribution in [0.3, 0.4) is 0 Å². The van der Waals surface area contributed by atoms with Crippen LogP contribution in [-0.4, -0.2) is 5.88 Å². The van der Waals surface area contributed by atoms with Crippen LogP contribution in [0.4, 0.5) is 5.69 Å². The molecular formula is C8H10ClN. The first kappa shape index (κ1) is 7.42. The van der Waals surface area contributed by atoms with Gasteiger partial charge in [0.25, 0.3) is 0 Å². The van der Waals surface area contributed by atoms with Crippen molar-refractivity contribution in [2.75, 3.05) is 11.6 Å². The van der Waals surface area contributed by atoms with Crippen molar-refractivity contribution in [2.24, 2.45) is 0 Å². The van der Waals surface area contributed by atoms with Crippen LogP contribution >= 0.6 is 11.6 Å². The summed E-state index contributed by atoms with van der Waals surface area (Å²) in [4.78, 5) is 0. The van der Waals surface area contributed by atoms with Crippen LogP contribution in [0.2, 0.25) is 0 Å². The average Bonchev–Trinajstić information content (AvgIpc) is 1.88. The van der Waals surface area contributed by atoms with E-state index in [4.69, 9.17) is 17.3 Å². The molecule has 0 fully saturated rings. The van der Waals surface area contributed by atoms with Crippen LogP contribution in [-0.2, 0) is 6.42 Å². The van der Waals surface area contributed by atoms with E-state index < -0.39 is 0 Å². The summed E-state index contributed by atoms with van der Waals surface area (Å²) in [6.45, 7) is 0. The van der Waals surface area contributed by atoms with Crippen molar-refractivity contribution < 1.29 is 0 Å². The van der Waals surface area contributed by atoms with Gasteiger partial charge in [-0.3, -0.25) is 0 Å². The molecule has 2 heteroatoms. The number of hydrogen-bond acceptors (Lipinski definition) is 1. The lowest BCUT2D eigenvalue weighted by Crippen LogP contribution is -1.89. The highest BCUT2D eigenvalue weighted by atomic mass is 35.5. The zero-order chi connectivity index (χ0) is 7.40. The van der Waals surface area contributed by atoms with Crippen LogP contribution in [0.15, 0.2) is 24.3 Å². The molecule has 0 aliphatic carbocycles. The fourth-order valence-electron chi connectivity index (χ4n) is 0.858. The van der Waals surface area contributed by atoms with Gasteiger partial charge in [0.1, 0.15) is 0 Å². The first-order chi connectivity index (χ1) is 4.83. The van der Waals surface area contributed by atoms with Gasteiger partial charge in [0, 0.05) is 11.6 Å². The van der Waals surface area contributed by atoms with Crippen molar-refractivity contribution in [3.05, 3.63) is 29.8 Å². The molecular weight excluding hydrogens is 146 g/mol. The SMILES string of the molecule is Nc1cccc(CCCl)c1. The van der Waals surface area contributed by atoms with Crippen LogP contribution in [0.25, 0.3) is 0 Å². The molecule has 0 heterocycles. The normalized spacial score (nSPS) is 9.70. The molecule has 1 nitrogen and oxygen atoms in total. The van der Waals surface area contributed by atoms with E-state index in [1.807, 2.05) is 24.3 Å². The third-order valence-electron chi connectivity index (χ3n) is 1.33. The first-order valence-corrected chi connectivity index (χ1v) is 3.77. The zero-order valence-corrected chi connectivity index (χ0v) is 6.43. The van der Waals surface area contributed by atoms with Crippen LogP contribution < -0.4 is 5.73 Å². The molecule has 0 aliphatic rings. The monoisotopic (exact) mass is 155 g/mol. The molecule has 0 spiro atoms. The van der Waals surface area contributed by atoms with Gasteiger partial charge in [-0.2, -0.15) is 0 Å². The third-order valence-corrected chi connectivity index (χ3v) is 1.52. The minimum absolute atomic E-state index is 0.656. The average molecular weight is 156 g/mol. The molecule has 1 aromatic rings. The molecule has 0 aromatic heterocycles. The molecule has 0 amide bonds. The number of benzene rings is 1. The van der Waals surface area contributed by atoms with Crippen LogP contribution in [0.1, 0.15) is 5.56 Å². The van der Waals surface area contributed by atoms with Gasteiger partial charge in [-0.25, -0.2) is 0 Å². The molecule has 1 aromatic carbocycles. The van der Waals surface area contributed by atoms with Crippen molar-refractivity contribution in [3.63, 3.8) is 0 Å². The zero-order valence-electron chi connectivity index (χ0n) is 5.68. The van der Waals surface area contributed by atoms with Gasteiger partial charge >= 0.3 is 0 Å². The van der Waals surface area contributed by atoms with Gasteiger partial charge in [0.15, 0.2) is 0 Å². The Kier molecular flexibility index (Phi) is 2.57. The van der Waals surface area contributed by atoms with E-state index in [0.717, 1.165) is 12.1 Å². The number of halogens is 1. The van der Waals surface area contributed by atoms with E-state index in [1.54, 1.807) is 0 Å². The molecule has 0 saturated heterocycles. The van der Waals surface area contributed by atoms with Crippen molar-refractivity contribution in [1.82, 2.24) is 0 Å². The predicted octanol–water partition coefficient (Wildman–Crippen LogP) is 2.05. The Balaban J connectivity index is 2.75. The van der Waals surface area contributed by atoms with Crippen molar-refractivity contribution >= 4 is 17.3 Å². The van der Waals surface area contributed by atoms with Gasteiger partial charge in [-0.05, 0) is 24.1 Å². The Morgan fingerprint density at radius 3 is 2.80 bits per heavy atom. The molecule has 0 bridgehead atoms. The largest absolute Gasteiger partial charge is 0.399 e. The van der Waals surface area contributed by atoms with E-state index in [0.29, 0.717) is 5.88 Å². The Morgan fingerprint density at radius 1 is 1.40 bits per heavy atom. The maximum Gasteiger partial charge on any atom is 0.0316 e. The van der Waals surface area contributed by atoms with Gasteiger partial charge in [0.05, 0.1) is 0 Å². The third kappa shape index (κ3) is 1.92. The van der Waals surface area contributed by atoms with Gasteiger partial charge in [-0.15, -0.1) is 11.6 Å². The molecule has 10 heavy (non-hydrogen) atoms. The standard InChI is InChI=1S/C8H10ClN/c9-5-4-7-2-1-3-8(10)6-7/h1-3,6H,4-5,10H2. The van der Waals surface area contributed by atoms with Gasteiger partial charge in [-0.1, -0.05) is 12.1 Å². The fourth-order valence-corrected chi connectivity index (χ4v) is 1.08. The molecule has 0 saturated carbocycles. The number of rotatable bonds is 2. The lowest BCUT2D eigenvalue weighted by molar-refractivity contribution is 1.15. The summed E-state index contributed by atoms with van der Waals surface area (Å²) >= 11 is 5.55. The number of nitrogen functional groups attached to an aromatic ring is 1. The van der Waals surface area contributed by atoms with Crippen LogP contribution in [0, 0.1) is 0 Å². The summed E-state index contributed by atoms with van der Waals surface area (Å²) in [6, 6.07) is 7.79. The molecule has 0 unspecified atom stereocenters. The summed E-state index contributed by atoms with van der Waals surface area (Å²) in [5.74, 6) is 0.656. The van der Waals surface area contributed by atoms with E-state index in [9.17, 15) is 0 Å². The second-order valence-corrected chi connectivity index (χ2v) is 2.56. The molecule has 0 aliphatic heterocycles. The first-order valence-electron chi connectivity index (χ1n) is 3.23. The molecule has 2 N–H and O–H groups in total. The fraction of sp³-hybridized carbons (Fsp3) is 0.250. The van der Waals surface area contributed by atoms with Crippen LogP contribution in [0.5, 0.6) is 0 Å². The quantitative estimate of drug-likeness (QED) is 0.514. The minimum atomic E-state index is 0.656. The number of anilines is 1. The van der Waals surface area contributed by atoms with Crippen molar-refractivity contribution in [1.29, 1.82) is 0 Å². The van der Waals surface area contributed by atoms with E-state index >= 15 is 0 Å². The van der Waals surface area contributed by atoms with Gasteiger partial charge < -0.3 is 5.73 Å². The van der Waals surface area contributed by atoms with E-state index in [-0.39, 0.29) is 0 Å². The Hall–Kier alpha value is -0.690.